The van der Waals surface area contributed by atoms with E-state index < -0.39 is 0 Å². The van der Waals surface area contributed by atoms with Crippen molar-refractivity contribution in [1.82, 2.24) is 9.97 Å². The summed E-state index contributed by atoms with van der Waals surface area (Å²) in [6.07, 6.45) is 8.51. The number of nitrogens with two attached hydrogens (primary N) is 1. The molecule has 2 N–H and O–H groups in total. The third-order valence-corrected chi connectivity index (χ3v) is 5.11. The van der Waals surface area contributed by atoms with Crippen LogP contribution >= 0.6 is 0 Å². The molecule has 1 saturated heterocycles. The van der Waals surface area contributed by atoms with Crippen molar-refractivity contribution in [2.45, 2.75) is 25.3 Å². The number of ether oxygens (including phenoxy) is 1. The molecule has 4 rings (SSSR count). The molecule has 1 aliphatic carbocycles. The normalized spacial score (nSPS) is 17.0. The van der Waals surface area contributed by atoms with Crippen LogP contribution in [0.5, 0.6) is 0 Å². The van der Waals surface area contributed by atoms with Crippen LogP contribution in [0.2, 0.25) is 0 Å². The van der Waals surface area contributed by atoms with Crippen molar-refractivity contribution >= 4 is 17.4 Å². The average Bonchev–Trinajstić information content (AvgIpc) is 3.11. The number of carbonyl (C=O) groups excluding carboxylic acids is 1. The van der Waals surface area contributed by atoms with Gasteiger partial charge in [-0.3, -0.25) is 4.98 Å². The second-order valence-electron chi connectivity index (χ2n) is 6.77. The fourth-order valence-corrected chi connectivity index (χ4v) is 3.58. The number of carbonyl (C=O) groups is 1. The van der Waals surface area contributed by atoms with Crippen LogP contribution in [0.3, 0.4) is 0 Å². The highest BCUT2D eigenvalue weighted by atomic mass is 16.5. The van der Waals surface area contributed by atoms with Gasteiger partial charge in [0.2, 0.25) is 0 Å². The number of allylic oxidation sites excluding steroid dienone is 1. The van der Waals surface area contributed by atoms with E-state index in [1.807, 2.05) is 18.3 Å². The van der Waals surface area contributed by atoms with E-state index in [4.69, 9.17) is 15.5 Å². The number of esters is 1. The smallest absolute Gasteiger partial charge is 0.337 e. The Bertz CT molecular complexity index is 870. The summed E-state index contributed by atoms with van der Waals surface area (Å²) in [4.78, 5) is 23.3. The van der Waals surface area contributed by atoms with Gasteiger partial charge in [-0.05, 0) is 42.5 Å². The Morgan fingerprint density at radius 3 is 2.85 bits per heavy atom. The lowest BCUT2D eigenvalue weighted by molar-refractivity contribution is 0.0600. The van der Waals surface area contributed by atoms with Gasteiger partial charge in [0.25, 0.3) is 0 Å². The number of piperidine rings is 1. The summed E-state index contributed by atoms with van der Waals surface area (Å²) in [5.74, 6) is 0.552. The number of rotatable bonds is 3. The Hall–Kier alpha value is -2.73. The van der Waals surface area contributed by atoms with Gasteiger partial charge in [0.1, 0.15) is 5.82 Å². The summed E-state index contributed by atoms with van der Waals surface area (Å²) in [5.41, 5.74) is 10.6. The molecule has 2 heterocycles. The van der Waals surface area contributed by atoms with Gasteiger partial charge in [0.15, 0.2) is 0 Å². The molecule has 6 heteroatoms. The first-order valence-electron chi connectivity index (χ1n) is 8.90. The van der Waals surface area contributed by atoms with E-state index in [0.717, 1.165) is 55.0 Å². The number of methoxy groups -OCH3 is 1. The van der Waals surface area contributed by atoms with Gasteiger partial charge >= 0.3 is 5.97 Å². The molecule has 0 unspecified atom stereocenters. The number of benzene rings is 1. The molecular weight excluding hydrogens is 328 g/mol. The first-order valence-corrected chi connectivity index (χ1v) is 8.90. The Labute approximate surface area is 152 Å². The lowest BCUT2D eigenvalue weighted by atomic mass is 10.0. The van der Waals surface area contributed by atoms with Gasteiger partial charge in [-0.25, -0.2) is 9.78 Å². The van der Waals surface area contributed by atoms with Gasteiger partial charge in [0.05, 0.1) is 30.8 Å². The number of anilines is 1. The van der Waals surface area contributed by atoms with E-state index in [-0.39, 0.29) is 12.0 Å². The van der Waals surface area contributed by atoms with Crippen molar-refractivity contribution < 1.29 is 9.53 Å². The second kappa shape index (κ2) is 6.88. The number of hydrogen-bond donors (Lipinski definition) is 1. The van der Waals surface area contributed by atoms with E-state index in [0.29, 0.717) is 5.56 Å². The molecule has 1 fully saturated rings. The number of hydrogen-bond acceptors (Lipinski definition) is 6. The van der Waals surface area contributed by atoms with Crippen LogP contribution in [0.1, 0.15) is 40.0 Å². The van der Waals surface area contributed by atoms with Crippen LogP contribution < -0.4 is 10.6 Å². The Morgan fingerprint density at radius 1 is 1.27 bits per heavy atom. The van der Waals surface area contributed by atoms with Crippen molar-refractivity contribution in [2.24, 2.45) is 5.73 Å². The molecule has 1 aromatic heterocycles. The molecule has 134 valence electrons. The highest BCUT2D eigenvalue weighted by Gasteiger charge is 2.22. The topological polar surface area (TPSA) is 81.3 Å². The maximum absolute atomic E-state index is 11.9. The predicted molar refractivity (Wildman–Crippen MR) is 100 cm³/mol. The monoisotopic (exact) mass is 350 g/mol. The molecular formula is C20H22N4O2. The Kier molecular flexibility index (Phi) is 4.42. The Morgan fingerprint density at radius 2 is 2.08 bits per heavy atom. The van der Waals surface area contributed by atoms with Gasteiger partial charge in [-0.15, -0.1) is 0 Å². The van der Waals surface area contributed by atoms with Crippen molar-refractivity contribution in [1.29, 1.82) is 0 Å². The molecule has 0 radical (unpaired) electrons. The molecule has 26 heavy (non-hydrogen) atoms. The van der Waals surface area contributed by atoms with Crippen LogP contribution in [0.25, 0.3) is 5.57 Å². The number of fused-ring (bicyclic) bond motifs is 1. The van der Waals surface area contributed by atoms with E-state index in [9.17, 15) is 4.79 Å². The van der Waals surface area contributed by atoms with Crippen LogP contribution in [-0.4, -0.2) is 42.2 Å². The van der Waals surface area contributed by atoms with Gasteiger partial charge in [0, 0.05) is 24.7 Å². The van der Waals surface area contributed by atoms with Gasteiger partial charge in [-0.2, -0.15) is 0 Å². The molecule has 2 aromatic rings. The van der Waals surface area contributed by atoms with Crippen molar-refractivity contribution in [2.75, 3.05) is 25.1 Å². The maximum Gasteiger partial charge on any atom is 0.337 e. The second-order valence-corrected chi connectivity index (χ2v) is 6.77. The van der Waals surface area contributed by atoms with Crippen LogP contribution in [0.4, 0.5) is 5.82 Å². The third-order valence-electron chi connectivity index (χ3n) is 5.11. The molecule has 6 nitrogen and oxygen atoms in total. The first kappa shape index (κ1) is 16.7. The Balaban J connectivity index is 1.64. The minimum atomic E-state index is -0.330. The van der Waals surface area contributed by atoms with Crippen molar-refractivity contribution in [3.05, 3.63) is 59.1 Å². The highest BCUT2D eigenvalue weighted by Crippen LogP contribution is 2.33. The van der Waals surface area contributed by atoms with E-state index in [1.165, 1.54) is 12.7 Å². The SMILES string of the molecule is COC(=O)c1ccc2c(c1)C(c1cncc(N3CCC(N)CC3)n1)=CC2. The fourth-order valence-electron chi connectivity index (χ4n) is 3.58. The molecule has 1 aliphatic heterocycles. The quantitative estimate of drug-likeness (QED) is 0.855. The van der Waals surface area contributed by atoms with E-state index >= 15 is 0 Å². The number of nitrogens with zero attached hydrogens (tertiary/aromatic N) is 3. The molecule has 0 spiro atoms. The predicted octanol–water partition coefficient (Wildman–Crippen LogP) is 2.18. The largest absolute Gasteiger partial charge is 0.465 e. The van der Waals surface area contributed by atoms with Crippen LogP contribution in [0.15, 0.2) is 36.7 Å². The van der Waals surface area contributed by atoms with Crippen LogP contribution in [0, 0.1) is 0 Å². The standard InChI is InChI=1S/C20H22N4O2/c1-26-20(25)14-3-2-13-4-5-16(17(13)10-14)18-11-22-12-19(23-18)24-8-6-15(21)7-9-24/h2-3,5,10-12,15H,4,6-9,21H2,1H3. The maximum atomic E-state index is 11.9. The summed E-state index contributed by atoms with van der Waals surface area (Å²) in [6, 6.07) is 5.95. The van der Waals surface area contributed by atoms with Crippen molar-refractivity contribution in [3.63, 3.8) is 0 Å². The average molecular weight is 350 g/mol. The molecule has 0 amide bonds. The zero-order chi connectivity index (χ0) is 18.1. The lowest BCUT2D eigenvalue weighted by Gasteiger charge is -2.31. The number of aromatic nitrogens is 2. The fraction of sp³-hybridized carbons (Fsp3) is 0.350. The van der Waals surface area contributed by atoms with Crippen LogP contribution in [-0.2, 0) is 11.2 Å². The van der Waals surface area contributed by atoms with E-state index in [1.54, 1.807) is 12.3 Å². The highest BCUT2D eigenvalue weighted by molar-refractivity contribution is 5.93. The van der Waals surface area contributed by atoms with E-state index in [2.05, 4.69) is 16.0 Å². The summed E-state index contributed by atoms with van der Waals surface area (Å²) in [6.45, 7) is 1.81. The van der Waals surface area contributed by atoms with Gasteiger partial charge < -0.3 is 15.4 Å². The zero-order valence-electron chi connectivity index (χ0n) is 14.8. The molecule has 0 atom stereocenters. The van der Waals surface area contributed by atoms with Gasteiger partial charge in [-0.1, -0.05) is 12.1 Å². The first-order chi connectivity index (χ1) is 12.7. The minimum absolute atomic E-state index is 0.281. The molecule has 0 bridgehead atoms. The lowest BCUT2D eigenvalue weighted by Crippen LogP contribution is -2.40. The molecule has 2 aliphatic rings. The molecule has 0 saturated carbocycles. The third kappa shape index (κ3) is 3.08. The minimum Gasteiger partial charge on any atom is -0.465 e. The zero-order valence-corrected chi connectivity index (χ0v) is 14.8. The summed E-state index contributed by atoms with van der Waals surface area (Å²) in [7, 11) is 1.39. The summed E-state index contributed by atoms with van der Waals surface area (Å²) >= 11 is 0. The van der Waals surface area contributed by atoms with Crippen molar-refractivity contribution in [3.8, 4) is 0 Å². The summed E-state index contributed by atoms with van der Waals surface area (Å²) < 4.78 is 4.84. The molecule has 1 aromatic carbocycles. The summed E-state index contributed by atoms with van der Waals surface area (Å²) in [5, 5.41) is 0.